The Labute approximate surface area is 109 Å². The minimum atomic E-state index is 0.781. The second kappa shape index (κ2) is 5.12. The molecule has 2 aliphatic rings. The number of nitrogens with zero attached hydrogens (tertiary/aromatic N) is 4. The molecule has 0 saturated carbocycles. The van der Waals surface area contributed by atoms with Crippen LogP contribution in [0.2, 0.25) is 0 Å². The van der Waals surface area contributed by atoms with Crippen molar-refractivity contribution < 1.29 is 0 Å². The van der Waals surface area contributed by atoms with Crippen LogP contribution in [0.15, 0.2) is 12.3 Å². The molecule has 3 rings (SSSR count). The average Bonchev–Trinajstić information content (AvgIpc) is 2.93. The molecule has 0 N–H and O–H groups in total. The van der Waals surface area contributed by atoms with Crippen LogP contribution in [0.25, 0.3) is 0 Å². The van der Waals surface area contributed by atoms with Crippen molar-refractivity contribution in [3.8, 4) is 0 Å². The van der Waals surface area contributed by atoms with E-state index in [2.05, 4.69) is 27.8 Å². The van der Waals surface area contributed by atoms with Crippen molar-refractivity contribution in [2.45, 2.75) is 32.6 Å². The van der Waals surface area contributed by atoms with E-state index in [4.69, 9.17) is 4.98 Å². The van der Waals surface area contributed by atoms with Gasteiger partial charge in [-0.05, 0) is 37.7 Å². The van der Waals surface area contributed by atoms with Crippen LogP contribution < -0.4 is 9.80 Å². The SMILES string of the molecule is CC1CCCN(c2ccnc(N3CCCC3)n2)C1. The third-order valence-corrected chi connectivity index (χ3v) is 4.00. The lowest BCUT2D eigenvalue weighted by molar-refractivity contribution is 0.444. The third kappa shape index (κ3) is 2.42. The lowest BCUT2D eigenvalue weighted by Gasteiger charge is -2.32. The van der Waals surface area contributed by atoms with Crippen molar-refractivity contribution in [2.24, 2.45) is 5.92 Å². The third-order valence-electron chi connectivity index (χ3n) is 4.00. The van der Waals surface area contributed by atoms with E-state index in [9.17, 15) is 0 Å². The lowest BCUT2D eigenvalue weighted by Crippen LogP contribution is -2.35. The molecule has 1 atom stereocenters. The number of hydrogen-bond donors (Lipinski definition) is 0. The van der Waals surface area contributed by atoms with E-state index in [0.29, 0.717) is 0 Å². The Kier molecular flexibility index (Phi) is 3.35. The van der Waals surface area contributed by atoms with Crippen molar-refractivity contribution in [1.82, 2.24) is 9.97 Å². The highest BCUT2D eigenvalue weighted by atomic mass is 15.3. The van der Waals surface area contributed by atoms with Crippen LogP contribution in [0.1, 0.15) is 32.6 Å². The second-order valence-electron chi connectivity index (χ2n) is 5.60. The molecule has 0 aliphatic carbocycles. The molecule has 0 radical (unpaired) electrons. The maximum Gasteiger partial charge on any atom is 0.227 e. The van der Waals surface area contributed by atoms with Gasteiger partial charge in [-0.3, -0.25) is 0 Å². The standard InChI is InChI=1S/C14H22N4/c1-12-5-4-10-18(11-12)13-6-7-15-14(16-13)17-8-2-3-9-17/h6-7,12H,2-5,8-11H2,1H3. The zero-order valence-electron chi connectivity index (χ0n) is 11.2. The second-order valence-corrected chi connectivity index (χ2v) is 5.60. The Bertz CT molecular complexity index is 401. The highest BCUT2D eigenvalue weighted by Gasteiger charge is 2.20. The molecule has 18 heavy (non-hydrogen) atoms. The van der Waals surface area contributed by atoms with Crippen molar-refractivity contribution in [2.75, 3.05) is 36.0 Å². The van der Waals surface area contributed by atoms with Gasteiger partial charge in [0.25, 0.3) is 0 Å². The minimum Gasteiger partial charge on any atom is -0.356 e. The van der Waals surface area contributed by atoms with Gasteiger partial charge < -0.3 is 9.80 Å². The Morgan fingerprint density at radius 1 is 1.11 bits per heavy atom. The van der Waals surface area contributed by atoms with Crippen molar-refractivity contribution in [3.63, 3.8) is 0 Å². The van der Waals surface area contributed by atoms with Gasteiger partial charge in [-0.15, -0.1) is 0 Å². The van der Waals surface area contributed by atoms with E-state index in [1.165, 1.54) is 25.7 Å². The normalized spacial score (nSPS) is 24.6. The van der Waals surface area contributed by atoms with Gasteiger partial charge in [0.2, 0.25) is 5.95 Å². The molecule has 1 aromatic rings. The molecule has 0 aromatic carbocycles. The Hall–Kier alpha value is -1.32. The zero-order valence-corrected chi connectivity index (χ0v) is 11.2. The topological polar surface area (TPSA) is 32.3 Å². The summed E-state index contributed by atoms with van der Waals surface area (Å²) in [6.45, 7) is 6.83. The van der Waals surface area contributed by atoms with Crippen LogP contribution in [-0.2, 0) is 0 Å². The quantitative estimate of drug-likeness (QED) is 0.801. The highest BCUT2D eigenvalue weighted by Crippen LogP contribution is 2.23. The van der Waals surface area contributed by atoms with Gasteiger partial charge in [-0.2, -0.15) is 4.98 Å². The molecule has 1 aromatic heterocycles. The van der Waals surface area contributed by atoms with Gasteiger partial charge in [-0.1, -0.05) is 6.92 Å². The molecule has 98 valence electrons. The minimum absolute atomic E-state index is 0.781. The van der Waals surface area contributed by atoms with Crippen LogP contribution in [0.3, 0.4) is 0 Å². The first-order valence-electron chi connectivity index (χ1n) is 7.16. The van der Waals surface area contributed by atoms with Gasteiger partial charge in [0, 0.05) is 32.4 Å². The van der Waals surface area contributed by atoms with Crippen LogP contribution in [0, 0.1) is 5.92 Å². The summed E-state index contributed by atoms with van der Waals surface area (Å²) in [5.41, 5.74) is 0. The predicted octanol–water partition coefficient (Wildman–Crippen LogP) is 2.31. The van der Waals surface area contributed by atoms with Crippen LogP contribution in [-0.4, -0.2) is 36.1 Å². The summed E-state index contributed by atoms with van der Waals surface area (Å²) in [5, 5.41) is 0. The van der Waals surface area contributed by atoms with Crippen molar-refractivity contribution in [3.05, 3.63) is 12.3 Å². The van der Waals surface area contributed by atoms with E-state index in [-0.39, 0.29) is 0 Å². The first kappa shape index (κ1) is 11.8. The monoisotopic (exact) mass is 246 g/mol. The number of piperidine rings is 1. The Morgan fingerprint density at radius 2 is 1.89 bits per heavy atom. The van der Waals surface area contributed by atoms with E-state index in [1.807, 2.05) is 6.20 Å². The first-order valence-corrected chi connectivity index (χ1v) is 7.16. The molecule has 2 fully saturated rings. The summed E-state index contributed by atoms with van der Waals surface area (Å²) < 4.78 is 0. The van der Waals surface area contributed by atoms with Crippen LogP contribution >= 0.6 is 0 Å². The molecule has 0 spiro atoms. The Morgan fingerprint density at radius 3 is 2.67 bits per heavy atom. The van der Waals surface area contributed by atoms with E-state index in [0.717, 1.165) is 43.9 Å². The van der Waals surface area contributed by atoms with Gasteiger partial charge in [0.15, 0.2) is 0 Å². The van der Waals surface area contributed by atoms with Gasteiger partial charge in [-0.25, -0.2) is 4.98 Å². The maximum absolute atomic E-state index is 4.75. The van der Waals surface area contributed by atoms with Gasteiger partial charge >= 0.3 is 0 Å². The summed E-state index contributed by atoms with van der Waals surface area (Å²) in [7, 11) is 0. The van der Waals surface area contributed by atoms with E-state index >= 15 is 0 Å². The average molecular weight is 246 g/mol. The molecular weight excluding hydrogens is 224 g/mol. The van der Waals surface area contributed by atoms with Gasteiger partial charge in [0.1, 0.15) is 5.82 Å². The molecule has 2 aliphatic heterocycles. The fourth-order valence-corrected chi connectivity index (χ4v) is 2.98. The molecule has 0 bridgehead atoms. The summed E-state index contributed by atoms with van der Waals surface area (Å²) in [5.74, 6) is 2.81. The highest BCUT2D eigenvalue weighted by molar-refractivity contribution is 5.44. The molecule has 2 saturated heterocycles. The predicted molar refractivity (Wildman–Crippen MR) is 74.1 cm³/mol. The fraction of sp³-hybridized carbons (Fsp3) is 0.714. The number of hydrogen-bond acceptors (Lipinski definition) is 4. The lowest BCUT2D eigenvalue weighted by atomic mass is 10.0. The summed E-state index contributed by atoms with van der Waals surface area (Å²) in [6, 6.07) is 2.05. The fourth-order valence-electron chi connectivity index (χ4n) is 2.98. The Balaban J connectivity index is 1.77. The summed E-state index contributed by atoms with van der Waals surface area (Å²) in [6.07, 6.45) is 7.09. The molecule has 4 nitrogen and oxygen atoms in total. The molecular formula is C14H22N4. The molecule has 4 heteroatoms. The van der Waals surface area contributed by atoms with Crippen LogP contribution in [0.5, 0.6) is 0 Å². The molecule has 3 heterocycles. The number of anilines is 2. The number of aromatic nitrogens is 2. The van der Waals surface area contributed by atoms with E-state index in [1.54, 1.807) is 0 Å². The van der Waals surface area contributed by atoms with Crippen molar-refractivity contribution >= 4 is 11.8 Å². The number of rotatable bonds is 2. The van der Waals surface area contributed by atoms with Crippen molar-refractivity contribution in [1.29, 1.82) is 0 Å². The van der Waals surface area contributed by atoms with E-state index < -0.39 is 0 Å². The molecule has 0 amide bonds. The first-order chi connectivity index (χ1) is 8.83. The molecule has 1 unspecified atom stereocenters. The largest absolute Gasteiger partial charge is 0.356 e. The summed E-state index contributed by atoms with van der Waals surface area (Å²) in [4.78, 5) is 13.9. The maximum atomic E-state index is 4.75. The summed E-state index contributed by atoms with van der Waals surface area (Å²) >= 11 is 0. The van der Waals surface area contributed by atoms with Gasteiger partial charge in [0.05, 0.1) is 0 Å². The zero-order chi connectivity index (χ0) is 12.4. The van der Waals surface area contributed by atoms with Crippen LogP contribution in [0.4, 0.5) is 11.8 Å². The smallest absolute Gasteiger partial charge is 0.227 e.